The molecule has 3 nitrogen and oxygen atoms in total. The van der Waals surface area contributed by atoms with Crippen molar-refractivity contribution in [2.75, 3.05) is 12.4 Å². The van der Waals surface area contributed by atoms with E-state index in [9.17, 15) is 0 Å². The van der Waals surface area contributed by atoms with Gasteiger partial charge in [-0.15, -0.1) is 10.2 Å². The van der Waals surface area contributed by atoms with Crippen molar-refractivity contribution in [1.29, 1.82) is 0 Å². The maximum Gasteiger partial charge on any atom is 0.205 e. The molecule has 0 unspecified atom stereocenters. The first kappa shape index (κ1) is 11.1. The van der Waals surface area contributed by atoms with E-state index < -0.39 is 0 Å². The van der Waals surface area contributed by atoms with E-state index in [-0.39, 0.29) is 0 Å². The average molecular weight is 233 g/mol. The van der Waals surface area contributed by atoms with Crippen LogP contribution in [0.25, 0.3) is 10.6 Å². The normalized spacial score (nSPS) is 10.5. The summed E-state index contributed by atoms with van der Waals surface area (Å²) in [5, 5.41) is 13.1. The number of rotatable bonds is 2. The molecule has 0 spiro atoms. The summed E-state index contributed by atoms with van der Waals surface area (Å²) in [6.45, 7) is 6.36. The van der Waals surface area contributed by atoms with Gasteiger partial charge >= 0.3 is 0 Å². The van der Waals surface area contributed by atoms with Gasteiger partial charge in [-0.3, -0.25) is 0 Å². The minimum Gasteiger partial charge on any atom is -0.363 e. The van der Waals surface area contributed by atoms with Gasteiger partial charge in [0.25, 0.3) is 0 Å². The predicted molar refractivity (Wildman–Crippen MR) is 69.1 cm³/mol. The van der Waals surface area contributed by atoms with E-state index in [0.717, 1.165) is 10.1 Å². The zero-order chi connectivity index (χ0) is 11.7. The van der Waals surface area contributed by atoms with Crippen LogP contribution in [0.2, 0.25) is 0 Å². The lowest BCUT2D eigenvalue weighted by Gasteiger charge is -2.07. The Morgan fingerprint density at radius 2 is 1.69 bits per heavy atom. The number of nitrogens with one attached hydrogen (secondary N) is 1. The minimum absolute atomic E-state index is 0.856. The van der Waals surface area contributed by atoms with E-state index in [0.29, 0.717) is 0 Å². The van der Waals surface area contributed by atoms with Crippen LogP contribution in [-0.4, -0.2) is 17.2 Å². The molecule has 0 saturated carbocycles. The molecule has 1 N–H and O–H groups in total. The lowest BCUT2D eigenvalue weighted by molar-refractivity contribution is 1.09. The van der Waals surface area contributed by atoms with Crippen LogP contribution in [0.5, 0.6) is 0 Å². The van der Waals surface area contributed by atoms with Crippen LogP contribution in [-0.2, 0) is 0 Å². The van der Waals surface area contributed by atoms with Crippen LogP contribution in [0.1, 0.15) is 16.7 Å². The summed E-state index contributed by atoms with van der Waals surface area (Å²) in [6, 6.07) is 4.37. The molecular formula is C12H15N3S. The average Bonchev–Trinajstić information content (AvgIpc) is 2.64. The minimum atomic E-state index is 0.856. The van der Waals surface area contributed by atoms with Gasteiger partial charge in [0.2, 0.25) is 5.13 Å². The zero-order valence-electron chi connectivity index (χ0n) is 9.96. The van der Waals surface area contributed by atoms with Crippen molar-refractivity contribution in [3.05, 3.63) is 28.8 Å². The van der Waals surface area contributed by atoms with E-state index in [1.165, 1.54) is 22.3 Å². The number of aryl methyl sites for hydroxylation is 3. The number of nitrogens with zero attached hydrogens (tertiary/aromatic N) is 2. The SMILES string of the molecule is CNc1nnc(-c2c(C)cc(C)cc2C)s1. The topological polar surface area (TPSA) is 37.8 Å². The predicted octanol–water partition coefficient (Wildman–Crippen LogP) is 3.17. The largest absolute Gasteiger partial charge is 0.363 e. The second-order valence-corrected chi connectivity index (χ2v) is 4.91. The Kier molecular flexibility index (Phi) is 2.92. The van der Waals surface area contributed by atoms with Gasteiger partial charge in [-0.05, 0) is 31.9 Å². The quantitative estimate of drug-likeness (QED) is 0.865. The Labute approximate surface area is 99.5 Å². The molecule has 1 aromatic carbocycles. The fraction of sp³-hybridized carbons (Fsp3) is 0.333. The summed E-state index contributed by atoms with van der Waals surface area (Å²) in [5.74, 6) is 0. The Morgan fingerprint density at radius 3 is 2.19 bits per heavy atom. The van der Waals surface area contributed by atoms with Crippen LogP contribution in [0.4, 0.5) is 5.13 Å². The summed E-state index contributed by atoms with van der Waals surface area (Å²) in [7, 11) is 1.86. The van der Waals surface area contributed by atoms with Crippen LogP contribution >= 0.6 is 11.3 Å². The highest BCUT2D eigenvalue weighted by Crippen LogP contribution is 2.31. The maximum atomic E-state index is 4.21. The molecule has 0 atom stereocenters. The molecule has 1 aromatic heterocycles. The Balaban J connectivity index is 2.55. The lowest BCUT2D eigenvalue weighted by atomic mass is 10.0. The van der Waals surface area contributed by atoms with Crippen LogP contribution in [0, 0.1) is 20.8 Å². The molecule has 0 amide bonds. The van der Waals surface area contributed by atoms with E-state index in [1.54, 1.807) is 11.3 Å². The Hall–Kier alpha value is -1.42. The fourth-order valence-corrected chi connectivity index (χ4v) is 2.82. The molecule has 0 aliphatic rings. The molecule has 0 aliphatic carbocycles. The van der Waals surface area contributed by atoms with Crippen LogP contribution in [0.3, 0.4) is 0 Å². The van der Waals surface area contributed by atoms with Gasteiger partial charge in [0.1, 0.15) is 5.01 Å². The molecule has 2 aromatic rings. The number of anilines is 1. The second-order valence-electron chi connectivity index (χ2n) is 3.94. The van der Waals surface area contributed by atoms with Crippen LogP contribution < -0.4 is 5.32 Å². The standard InChI is InChI=1S/C12H15N3S/c1-7-5-8(2)10(9(3)6-7)11-14-15-12(13-4)16-11/h5-6H,1-4H3,(H,13,15). The summed E-state index contributed by atoms with van der Waals surface area (Å²) in [6.07, 6.45) is 0. The van der Waals surface area contributed by atoms with Gasteiger partial charge in [-0.2, -0.15) is 0 Å². The number of hydrogen-bond acceptors (Lipinski definition) is 4. The molecule has 0 saturated heterocycles. The van der Waals surface area contributed by atoms with Gasteiger partial charge in [-0.25, -0.2) is 0 Å². The molecule has 16 heavy (non-hydrogen) atoms. The maximum absolute atomic E-state index is 4.21. The van der Waals surface area contributed by atoms with Crippen molar-refractivity contribution in [3.8, 4) is 10.6 Å². The highest BCUT2D eigenvalue weighted by atomic mass is 32.1. The highest BCUT2D eigenvalue weighted by Gasteiger charge is 2.11. The first-order chi connectivity index (χ1) is 7.61. The van der Waals surface area contributed by atoms with E-state index >= 15 is 0 Å². The molecular weight excluding hydrogens is 218 g/mol. The van der Waals surface area contributed by atoms with Gasteiger partial charge in [-0.1, -0.05) is 29.0 Å². The van der Waals surface area contributed by atoms with E-state index in [2.05, 4.69) is 48.4 Å². The van der Waals surface area contributed by atoms with Gasteiger partial charge in [0.05, 0.1) is 0 Å². The van der Waals surface area contributed by atoms with Gasteiger partial charge < -0.3 is 5.32 Å². The summed E-state index contributed by atoms with van der Waals surface area (Å²) in [5.41, 5.74) is 5.02. The van der Waals surface area contributed by atoms with Crippen molar-refractivity contribution in [1.82, 2.24) is 10.2 Å². The Morgan fingerprint density at radius 1 is 1.06 bits per heavy atom. The zero-order valence-corrected chi connectivity index (χ0v) is 10.8. The molecule has 2 rings (SSSR count). The second kappa shape index (κ2) is 4.22. The molecule has 0 aliphatic heterocycles. The smallest absolute Gasteiger partial charge is 0.205 e. The van der Waals surface area contributed by atoms with Crippen LogP contribution in [0.15, 0.2) is 12.1 Å². The molecule has 0 fully saturated rings. The van der Waals surface area contributed by atoms with Crippen molar-refractivity contribution in [3.63, 3.8) is 0 Å². The highest BCUT2D eigenvalue weighted by molar-refractivity contribution is 7.18. The number of hydrogen-bond donors (Lipinski definition) is 1. The molecule has 84 valence electrons. The molecule has 1 heterocycles. The molecule has 0 bridgehead atoms. The van der Waals surface area contributed by atoms with Crippen molar-refractivity contribution in [2.24, 2.45) is 0 Å². The third kappa shape index (κ3) is 1.93. The van der Waals surface area contributed by atoms with Crippen molar-refractivity contribution in [2.45, 2.75) is 20.8 Å². The van der Waals surface area contributed by atoms with E-state index in [4.69, 9.17) is 0 Å². The van der Waals surface area contributed by atoms with E-state index in [1.807, 2.05) is 7.05 Å². The lowest BCUT2D eigenvalue weighted by Crippen LogP contribution is -1.89. The summed E-state index contributed by atoms with van der Waals surface area (Å²) >= 11 is 1.59. The third-order valence-corrected chi connectivity index (χ3v) is 3.49. The van der Waals surface area contributed by atoms with Crippen molar-refractivity contribution < 1.29 is 0 Å². The summed E-state index contributed by atoms with van der Waals surface area (Å²) in [4.78, 5) is 0. The van der Waals surface area contributed by atoms with Gasteiger partial charge in [0.15, 0.2) is 0 Å². The first-order valence-electron chi connectivity index (χ1n) is 5.21. The number of benzene rings is 1. The first-order valence-corrected chi connectivity index (χ1v) is 6.03. The van der Waals surface area contributed by atoms with Gasteiger partial charge in [0, 0.05) is 12.6 Å². The number of aromatic nitrogens is 2. The fourth-order valence-electron chi connectivity index (χ4n) is 1.94. The third-order valence-electron chi connectivity index (χ3n) is 2.53. The molecule has 4 heteroatoms. The molecule has 0 radical (unpaired) electrons. The monoisotopic (exact) mass is 233 g/mol. The Bertz CT molecular complexity index is 494. The van der Waals surface area contributed by atoms with Crippen molar-refractivity contribution >= 4 is 16.5 Å². The summed E-state index contributed by atoms with van der Waals surface area (Å²) < 4.78 is 0.